The number of carbonyl (C=O) groups excluding carboxylic acids is 2. The average Bonchev–Trinajstić information content (AvgIpc) is 2.83. The second-order valence-corrected chi connectivity index (χ2v) is 5.45. The second-order valence-electron chi connectivity index (χ2n) is 4.46. The molecule has 6 nitrogen and oxygen atoms in total. The first kappa shape index (κ1) is 12.2. The highest BCUT2D eigenvalue weighted by atomic mass is 32.2. The summed E-state index contributed by atoms with van der Waals surface area (Å²) < 4.78 is 0. The van der Waals surface area contributed by atoms with Gasteiger partial charge >= 0.3 is 5.97 Å². The fraction of sp³-hybridized carbons (Fsp3) is 0.700. The maximum Gasteiger partial charge on any atom is 0.308 e. The molecule has 2 fully saturated rings. The molecule has 2 rings (SSSR count). The summed E-state index contributed by atoms with van der Waals surface area (Å²) in [4.78, 5) is 35.5. The maximum absolute atomic E-state index is 12.0. The van der Waals surface area contributed by atoms with Crippen LogP contribution < -0.4 is 5.32 Å². The van der Waals surface area contributed by atoms with Crippen LogP contribution in [0.25, 0.3) is 0 Å². The first-order valence-corrected chi connectivity index (χ1v) is 6.42. The number of amides is 2. The summed E-state index contributed by atoms with van der Waals surface area (Å²) in [6.07, 6.45) is 0. The van der Waals surface area contributed by atoms with E-state index in [1.807, 2.05) is 6.92 Å². The first-order valence-electron chi connectivity index (χ1n) is 5.44. The molecule has 0 aromatic carbocycles. The summed E-state index contributed by atoms with van der Waals surface area (Å²) in [6, 6.07) is -0.493. The van der Waals surface area contributed by atoms with Gasteiger partial charge in [0.15, 0.2) is 0 Å². The van der Waals surface area contributed by atoms with Crippen LogP contribution in [0.4, 0.5) is 4.79 Å². The number of carbonyl (C=O) groups is 3. The Morgan fingerprint density at radius 2 is 2.18 bits per heavy atom. The molecule has 2 aliphatic heterocycles. The Labute approximate surface area is 103 Å². The molecule has 0 aliphatic carbocycles. The molecule has 2 N–H and O–H groups in total. The van der Waals surface area contributed by atoms with Crippen molar-refractivity contribution in [2.24, 2.45) is 11.8 Å². The lowest BCUT2D eigenvalue weighted by atomic mass is 9.99. The summed E-state index contributed by atoms with van der Waals surface area (Å²) in [5.74, 6) is -1.14. The quantitative estimate of drug-likeness (QED) is 0.727. The number of likely N-dealkylation sites (tertiary alicyclic amines) is 1. The minimum Gasteiger partial charge on any atom is -0.481 e. The lowest BCUT2D eigenvalue weighted by molar-refractivity contribution is -0.142. The van der Waals surface area contributed by atoms with Crippen LogP contribution >= 0.6 is 11.8 Å². The largest absolute Gasteiger partial charge is 0.481 e. The highest BCUT2D eigenvalue weighted by molar-refractivity contribution is 8.14. The molecule has 17 heavy (non-hydrogen) atoms. The van der Waals surface area contributed by atoms with E-state index in [1.165, 1.54) is 0 Å². The number of rotatable bonds is 2. The van der Waals surface area contributed by atoms with Crippen LogP contribution in [-0.4, -0.2) is 52.0 Å². The van der Waals surface area contributed by atoms with E-state index in [9.17, 15) is 14.4 Å². The van der Waals surface area contributed by atoms with Crippen LogP contribution in [0, 0.1) is 11.8 Å². The summed E-state index contributed by atoms with van der Waals surface area (Å²) in [6.45, 7) is 2.52. The molecule has 0 saturated carbocycles. The monoisotopic (exact) mass is 258 g/mol. The van der Waals surface area contributed by atoms with E-state index in [-0.39, 0.29) is 23.6 Å². The first-order chi connectivity index (χ1) is 7.99. The van der Waals surface area contributed by atoms with Gasteiger partial charge < -0.3 is 15.3 Å². The molecule has 3 unspecified atom stereocenters. The average molecular weight is 258 g/mol. The molecule has 2 aliphatic rings. The molecule has 2 saturated heterocycles. The smallest absolute Gasteiger partial charge is 0.308 e. The molecule has 0 bridgehead atoms. The van der Waals surface area contributed by atoms with Crippen molar-refractivity contribution < 1.29 is 19.5 Å². The van der Waals surface area contributed by atoms with Gasteiger partial charge in [-0.25, -0.2) is 0 Å². The molecule has 0 radical (unpaired) electrons. The summed E-state index contributed by atoms with van der Waals surface area (Å²) in [5, 5.41) is 11.4. The van der Waals surface area contributed by atoms with Gasteiger partial charge in [0.1, 0.15) is 6.04 Å². The van der Waals surface area contributed by atoms with Gasteiger partial charge in [-0.1, -0.05) is 18.7 Å². The normalized spacial score (nSPS) is 32.6. The molecule has 0 aromatic heterocycles. The second kappa shape index (κ2) is 4.56. The van der Waals surface area contributed by atoms with Gasteiger partial charge in [-0.3, -0.25) is 14.4 Å². The van der Waals surface area contributed by atoms with E-state index in [0.29, 0.717) is 12.3 Å². The fourth-order valence-electron chi connectivity index (χ4n) is 2.21. The van der Waals surface area contributed by atoms with Gasteiger partial charge in [0.05, 0.1) is 5.92 Å². The van der Waals surface area contributed by atoms with Crippen molar-refractivity contribution in [2.75, 3.05) is 18.8 Å². The molecular weight excluding hydrogens is 244 g/mol. The lowest BCUT2D eigenvalue weighted by Crippen LogP contribution is -2.44. The van der Waals surface area contributed by atoms with E-state index in [4.69, 9.17) is 5.11 Å². The van der Waals surface area contributed by atoms with Crippen molar-refractivity contribution in [1.82, 2.24) is 10.2 Å². The van der Waals surface area contributed by atoms with E-state index >= 15 is 0 Å². The molecule has 2 heterocycles. The number of nitrogens with zero attached hydrogens (tertiary/aromatic N) is 1. The Hall–Kier alpha value is -1.24. The zero-order valence-corrected chi connectivity index (χ0v) is 10.2. The van der Waals surface area contributed by atoms with Crippen LogP contribution in [0.2, 0.25) is 0 Å². The summed E-state index contributed by atoms with van der Waals surface area (Å²) in [7, 11) is 0. The molecule has 94 valence electrons. The third kappa shape index (κ3) is 2.38. The molecule has 0 spiro atoms. The van der Waals surface area contributed by atoms with Crippen molar-refractivity contribution in [2.45, 2.75) is 13.0 Å². The highest BCUT2D eigenvalue weighted by Gasteiger charge is 2.40. The van der Waals surface area contributed by atoms with Crippen LogP contribution in [0.3, 0.4) is 0 Å². The van der Waals surface area contributed by atoms with E-state index < -0.39 is 17.9 Å². The molecular formula is C10H14N2O4S. The van der Waals surface area contributed by atoms with E-state index in [1.54, 1.807) is 4.90 Å². The Morgan fingerprint density at radius 1 is 1.47 bits per heavy atom. The molecule has 2 amide bonds. The zero-order valence-electron chi connectivity index (χ0n) is 9.38. The fourth-order valence-corrected chi connectivity index (χ4v) is 2.98. The van der Waals surface area contributed by atoms with Gasteiger partial charge in [-0.2, -0.15) is 0 Å². The van der Waals surface area contributed by atoms with Crippen LogP contribution in [-0.2, 0) is 9.59 Å². The SMILES string of the molecule is CC1CN(C(=O)C2CSC(=O)N2)CC1C(=O)O. The lowest BCUT2D eigenvalue weighted by Gasteiger charge is -2.19. The number of nitrogens with one attached hydrogen (secondary N) is 1. The molecule has 3 atom stereocenters. The topological polar surface area (TPSA) is 86.7 Å². The van der Waals surface area contributed by atoms with Crippen molar-refractivity contribution in [3.05, 3.63) is 0 Å². The van der Waals surface area contributed by atoms with Gasteiger partial charge in [-0.15, -0.1) is 0 Å². The van der Waals surface area contributed by atoms with Crippen molar-refractivity contribution in [1.29, 1.82) is 0 Å². The minimum atomic E-state index is -0.863. The van der Waals surface area contributed by atoms with Gasteiger partial charge in [0.25, 0.3) is 5.24 Å². The number of carboxylic acid groups (broad SMARTS) is 1. The van der Waals surface area contributed by atoms with Crippen LogP contribution in [0.5, 0.6) is 0 Å². The zero-order chi connectivity index (χ0) is 12.6. The van der Waals surface area contributed by atoms with Crippen molar-refractivity contribution in [3.63, 3.8) is 0 Å². The standard InChI is InChI=1S/C10H14N2O4S/c1-5-2-12(3-6(5)9(14)15)8(13)7-4-17-10(16)11-7/h5-7H,2-4H2,1H3,(H,11,16)(H,14,15). The number of aliphatic carboxylic acids is 1. The Balaban J connectivity index is 1.98. The third-order valence-corrected chi connectivity index (χ3v) is 4.09. The van der Waals surface area contributed by atoms with Gasteiger partial charge in [-0.05, 0) is 5.92 Å². The molecule has 0 aromatic rings. The predicted molar refractivity (Wildman–Crippen MR) is 61.6 cm³/mol. The Kier molecular flexibility index (Phi) is 3.28. The van der Waals surface area contributed by atoms with Crippen LogP contribution in [0.1, 0.15) is 6.92 Å². The van der Waals surface area contributed by atoms with Gasteiger partial charge in [0.2, 0.25) is 5.91 Å². The van der Waals surface area contributed by atoms with Crippen molar-refractivity contribution in [3.8, 4) is 0 Å². The molecule has 7 heteroatoms. The van der Waals surface area contributed by atoms with Gasteiger partial charge in [0, 0.05) is 18.8 Å². The minimum absolute atomic E-state index is 0.0405. The third-order valence-electron chi connectivity index (χ3n) is 3.21. The number of hydrogen-bond donors (Lipinski definition) is 2. The summed E-state index contributed by atoms with van der Waals surface area (Å²) in [5.41, 5.74) is 0. The predicted octanol–water partition coefficient (Wildman–Crippen LogP) is -0.00950. The number of carboxylic acids is 1. The van der Waals surface area contributed by atoms with Crippen molar-refractivity contribution >= 4 is 28.9 Å². The van der Waals surface area contributed by atoms with Crippen LogP contribution in [0.15, 0.2) is 0 Å². The highest BCUT2D eigenvalue weighted by Crippen LogP contribution is 2.25. The maximum atomic E-state index is 12.0. The Morgan fingerprint density at radius 3 is 2.65 bits per heavy atom. The summed E-state index contributed by atoms with van der Waals surface area (Å²) >= 11 is 1.09. The number of thioether (sulfide) groups is 1. The van der Waals surface area contributed by atoms with E-state index in [0.717, 1.165) is 11.8 Å². The van der Waals surface area contributed by atoms with E-state index in [2.05, 4.69) is 5.32 Å². The Bertz CT molecular complexity index is 373. The number of hydrogen-bond acceptors (Lipinski definition) is 4.